The molecule has 0 spiro atoms. The zero-order valence-electron chi connectivity index (χ0n) is 26.1. The number of aliphatic hydroxyl groups is 1. The second kappa shape index (κ2) is 12.4. The first-order valence-corrected chi connectivity index (χ1v) is 15.2. The zero-order chi connectivity index (χ0) is 34.4. The Morgan fingerprint density at radius 1 is 1.06 bits per heavy atom. The molecule has 0 radical (unpaired) electrons. The van der Waals surface area contributed by atoms with Crippen LogP contribution in [0.15, 0.2) is 60.7 Å². The van der Waals surface area contributed by atoms with Gasteiger partial charge >= 0.3 is 0 Å². The number of rotatable bonds is 11. The number of nitrogens with one attached hydrogen (secondary N) is 1. The number of pyridine rings is 1. The van der Waals surface area contributed by atoms with E-state index in [0.29, 0.717) is 24.7 Å². The highest BCUT2D eigenvalue weighted by atomic mass is 19.2. The van der Waals surface area contributed by atoms with Crippen molar-refractivity contribution < 1.29 is 42.1 Å². The molecule has 1 aromatic heterocycles. The number of hydrogen-bond donors (Lipinski definition) is 4. The summed E-state index contributed by atoms with van der Waals surface area (Å²) in [6, 6.07) is 13.4. The Bertz CT molecular complexity index is 1920. The van der Waals surface area contributed by atoms with Gasteiger partial charge in [-0.1, -0.05) is 30.3 Å². The first-order chi connectivity index (χ1) is 22.9. The average molecular weight is 663 g/mol. The molecule has 1 aliphatic carbocycles. The molecule has 3 aromatic carbocycles. The summed E-state index contributed by atoms with van der Waals surface area (Å²) in [7, 11) is 1.41. The molecule has 48 heavy (non-hydrogen) atoms. The van der Waals surface area contributed by atoms with Crippen molar-refractivity contribution in [1.82, 2.24) is 10.3 Å². The smallest absolute Gasteiger partial charge is 0.251 e. The lowest BCUT2D eigenvalue weighted by Gasteiger charge is -2.30. The highest BCUT2D eigenvalue weighted by molar-refractivity contribution is 5.96. The normalized spacial score (nSPS) is 18.0. The van der Waals surface area contributed by atoms with Gasteiger partial charge in [-0.2, -0.15) is 0 Å². The minimum atomic E-state index is -2.12. The fourth-order valence-electron chi connectivity index (χ4n) is 5.56. The fourth-order valence-corrected chi connectivity index (χ4v) is 5.56. The summed E-state index contributed by atoms with van der Waals surface area (Å²) < 4.78 is 60.6. The predicted molar refractivity (Wildman–Crippen MR) is 169 cm³/mol. The van der Waals surface area contributed by atoms with Crippen molar-refractivity contribution in [1.29, 1.82) is 0 Å². The van der Waals surface area contributed by atoms with Crippen molar-refractivity contribution >= 4 is 17.5 Å². The number of ether oxygens (including phenoxy) is 3. The first kappa shape index (κ1) is 32.6. The van der Waals surface area contributed by atoms with Crippen LogP contribution in [0.1, 0.15) is 46.9 Å². The second-order valence-electron chi connectivity index (χ2n) is 12.2. The van der Waals surface area contributed by atoms with E-state index in [4.69, 9.17) is 25.7 Å². The molecule has 6 rings (SSSR count). The van der Waals surface area contributed by atoms with Crippen molar-refractivity contribution in [3.8, 4) is 28.5 Å². The number of nitrogens with zero attached hydrogens (tertiary/aromatic N) is 1. The molecule has 4 aromatic rings. The van der Waals surface area contributed by atoms with E-state index in [-0.39, 0.29) is 57.6 Å². The third-order valence-corrected chi connectivity index (χ3v) is 8.82. The van der Waals surface area contributed by atoms with Gasteiger partial charge in [0.1, 0.15) is 52.1 Å². The Morgan fingerprint density at radius 3 is 2.42 bits per heavy atom. The number of amides is 2. The van der Waals surface area contributed by atoms with E-state index in [1.807, 2.05) is 0 Å². The average Bonchev–Trinajstić information content (AvgIpc) is 3.85. The number of hydrogen-bond acceptors (Lipinski definition) is 8. The number of primary amides is 1. The molecule has 0 bridgehead atoms. The van der Waals surface area contributed by atoms with Gasteiger partial charge in [-0.3, -0.25) is 9.59 Å². The highest BCUT2D eigenvalue weighted by Crippen LogP contribution is 2.47. The van der Waals surface area contributed by atoms with Crippen LogP contribution < -0.4 is 31.0 Å². The molecular weight excluding hydrogens is 629 g/mol. The lowest BCUT2D eigenvalue weighted by atomic mass is 9.80. The van der Waals surface area contributed by atoms with E-state index in [0.717, 1.165) is 12.8 Å². The Kier molecular flexibility index (Phi) is 8.42. The Labute approximate surface area is 273 Å². The van der Waals surface area contributed by atoms with E-state index in [1.165, 1.54) is 32.2 Å². The van der Waals surface area contributed by atoms with Crippen LogP contribution in [0.2, 0.25) is 0 Å². The quantitative estimate of drug-likeness (QED) is 0.136. The maximum atomic E-state index is 15.2. The molecule has 1 saturated carbocycles. The molecule has 13 heteroatoms. The topological polar surface area (TPSA) is 159 Å². The zero-order valence-corrected chi connectivity index (χ0v) is 26.1. The minimum Gasteiger partial charge on any atom is -0.494 e. The fraction of sp³-hybridized carbons (Fsp3) is 0.286. The SMILES string of the molecule is COc1cc(C(=O)NC[C@@](O)(c2ccccc2)c2cc3c(c(-c4cc(F)c(F)cc4F)n2)OC[C@]3(C)C(N)=O)cc(OCC2CC2)c1N. The van der Waals surface area contributed by atoms with Crippen LogP contribution >= 0.6 is 0 Å². The molecule has 10 nitrogen and oxygen atoms in total. The molecule has 250 valence electrons. The number of aromatic nitrogens is 1. The van der Waals surface area contributed by atoms with E-state index in [1.54, 1.807) is 30.3 Å². The third-order valence-electron chi connectivity index (χ3n) is 8.82. The van der Waals surface area contributed by atoms with Crippen LogP contribution in [0, 0.1) is 23.4 Å². The summed E-state index contributed by atoms with van der Waals surface area (Å²) in [6.45, 7) is 1.19. The molecule has 0 unspecified atom stereocenters. The summed E-state index contributed by atoms with van der Waals surface area (Å²) in [5, 5.41) is 15.2. The van der Waals surface area contributed by atoms with Crippen molar-refractivity contribution in [3.63, 3.8) is 0 Å². The number of carbonyl (C=O) groups excluding carboxylic acids is 2. The van der Waals surface area contributed by atoms with Crippen molar-refractivity contribution in [2.45, 2.75) is 30.8 Å². The molecule has 6 N–H and O–H groups in total. The Balaban J connectivity index is 1.45. The van der Waals surface area contributed by atoms with E-state index in [9.17, 15) is 23.5 Å². The van der Waals surface area contributed by atoms with Crippen molar-refractivity contribution in [3.05, 3.63) is 100 Å². The number of halogens is 3. The Hall–Kier alpha value is -5.30. The number of nitrogens with two attached hydrogens (primary N) is 2. The van der Waals surface area contributed by atoms with Crippen LogP contribution in [0.4, 0.5) is 18.9 Å². The van der Waals surface area contributed by atoms with E-state index >= 15 is 4.39 Å². The van der Waals surface area contributed by atoms with Gasteiger partial charge < -0.3 is 36.1 Å². The number of methoxy groups -OCH3 is 1. The maximum absolute atomic E-state index is 15.2. The van der Waals surface area contributed by atoms with Gasteiger partial charge in [0.05, 0.1) is 26.0 Å². The maximum Gasteiger partial charge on any atom is 0.251 e. The van der Waals surface area contributed by atoms with E-state index < -0.39 is 52.4 Å². The molecule has 2 heterocycles. The molecule has 0 saturated heterocycles. The van der Waals surface area contributed by atoms with E-state index in [2.05, 4.69) is 10.3 Å². The summed E-state index contributed by atoms with van der Waals surface area (Å²) in [4.78, 5) is 30.8. The van der Waals surface area contributed by atoms with Crippen LogP contribution in [0.3, 0.4) is 0 Å². The number of fused-ring (bicyclic) bond motifs is 1. The van der Waals surface area contributed by atoms with Crippen LogP contribution in [0.5, 0.6) is 17.2 Å². The highest BCUT2D eigenvalue weighted by Gasteiger charge is 2.46. The number of anilines is 1. The van der Waals surface area contributed by atoms with Gasteiger partial charge in [0.15, 0.2) is 11.6 Å². The summed E-state index contributed by atoms with van der Waals surface area (Å²) in [5.74, 6) is -4.53. The van der Waals surface area contributed by atoms with Gasteiger partial charge in [-0.05, 0) is 55.5 Å². The largest absolute Gasteiger partial charge is 0.494 e. The summed E-state index contributed by atoms with van der Waals surface area (Å²) in [5.41, 5.74) is 8.19. The lowest BCUT2D eigenvalue weighted by Crippen LogP contribution is -2.43. The molecular formula is C35H33F3N4O6. The van der Waals surface area contributed by atoms with Crippen LogP contribution in [-0.2, 0) is 15.8 Å². The summed E-state index contributed by atoms with van der Waals surface area (Å²) in [6.07, 6.45) is 2.09. The van der Waals surface area contributed by atoms with Gasteiger partial charge in [0.25, 0.3) is 5.91 Å². The third kappa shape index (κ3) is 5.85. The molecule has 1 fully saturated rings. The molecule has 2 atom stereocenters. The predicted octanol–water partition coefficient (Wildman–Crippen LogP) is 4.35. The number of nitrogen functional groups attached to an aromatic ring is 1. The molecule has 1 aliphatic heterocycles. The van der Waals surface area contributed by atoms with Crippen molar-refractivity contribution in [2.75, 3.05) is 32.6 Å². The molecule has 2 aliphatic rings. The van der Waals surface area contributed by atoms with Gasteiger partial charge in [0, 0.05) is 22.8 Å². The monoisotopic (exact) mass is 662 g/mol. The minimum absolute atomic E-state index is 0.0860. The lowest BCUT2D eigenvalue weighted by molar-refractivity contribution is -0.123. The Morgan fingerprint density at radius 2 is 1.75 bits per heavy atom. The van der Waals surface area contributed by atoms with Crippen molar-refractivity contribution in [2.24, 2.45) is 11.7 Å². The number of carbonyl (C=O) groups is 2. The second-order valence-corrected chi connectivity index (χ2v) is 12.2. The first-order valence-electron chi connectivity index (χ1n) is 15.2. The van der Waals surface area contributed by atoms with Crippen LogP contribution in [-0.4, -0.2) is 48.8 Å². The van der Waals surface area contributed by atoms with Gasteiger partial charge in [0.2, 0.25) is 5.91 Å². The van der Waals surface area contributed by atoms with Gasteiger partial charge in [-0.25, -0.2) is 18.2 Å². The standard InChI is InChI=1S/C35H33F3N4O6/c1-34(33(40)44)17-48-31-22(34)13-28(42-30(31)21-12-24(37)25(38)14-23(21)36)35(45,20-6-4-3-5-7-20)16-41-32(43)19-10-26(46-2)29(39)27(11-19)47-15-18-8-9-18/h3-7,10-14,18,45H,8-9,15-17,39H2,1-2H3,(H2,40,44)(H,41,43)/t34-,35+/m0/s1. The van der Waals surface area contributed by atoms with Gasteiger partial charge in [-0.15, -0.1) is 0 Å². The van der Waals surface area contributed by atoms with Crippen LogP contribution in [0.25, 0.3) is 11.3 Å². The summed E-state index contributed by atoms with van der Waals surface area (Å²) >= 11 is 0. The number of benzene rings is 3. The molecule has 2 amide bonds.